The van der Waals surface area contributed by atoms with Gasteiger partial charge in [-0.25, -0.2) is 8.42 Å². The van der Waals surface area contributed by atoms with Crippen molar-refractivity contribution < 1.29 is 17.9 Å². The molecule has 3 rings (SSSR count). The van der Waals surface area contributed by atoms with Gasteiger partial charge in [-0.2, -0.15) is 0 Å². The molecule has 158 valence electrons. The van der Waals surface area contributed by atoms with E-state index in [2.05, 4.69) is 44.7 Å². The molecular formula is C20H26BrN3O4S. The number of anilines is 2. The van der Waals surface area contributed by atoms with Gasteiger partial charge in [0.05, 0.1) is 25.6 Å². The maximum atomic E-state index is 13.0. The molecule has 0 saturated carbocycles. The van der Waals surface area contributed by atoms with Gasteiger partial charge in [0.15, 0.2) is 0 Å². The molecule has 1 saturated heterocycles. The predicted molar refractivity (Wildman–Crippen MR) is 119 cm³/mol. The van der Waals surface area contributed by atoms with Gasteiger partial charge in [0.1, 0.15) is 16.4 Å². The molecule has 29 heavy (non-hydrogen) atoms. The highest BCUT2D eigenvalue weighted by Crippen LogP contribution is 2.34. The average molecular weight is 484 g/mol. The molecule has 0 aromatic heterocycles. The van der Waals surface area contributed by atoms with E-state index in [0.29, 0.717) is 23.5 Å². The second-order valence-electron chi connectivity index (χ2n) is 7.16. The number of benzene rings is 2. The van der Waals surface area contributed by atoms with Crippen molar-refractivity contribution in [1.82, 2.24) is 5.32 Å². The average Bonchev–Trinajstić information content (AvgIpc) is 2.66. The number of nitrogens with zero attached hydrogens (tertiary/aromatic N) is 1. The molecule has 1 aliphatic rings. The molecule has 0 spiro atoms. The van der Waals surface area contributed by atoms with E-state index in [9.17, 15) is 8.42 Å². The summed E-state index contributed by atoms with van der Waals surface area (Å²) in [6.07, 6.45) is 0. The van der Waals surface area contributed by atoms with Crippen molar-refractivity contribution in [3.8, 4) is 11.5 Å². The molecule has 0 aliphatic carbocycles. The molecule has 2 N–H and O–H groups in total. The third-order valence-electron chi connectivity index (χ3n) is 4.74. The molecule has 1 heterocycles. The van der Waals surface area contributed by atoms with Crippen molar-refractivity contribution >= 4 is 37.3 Å². The molecule has 2 atom stereocenters. The fraction of sp³-hybridized carbons (Fsp3) is 0.400. The van der Waals surface area contributed by atoms with Crippen molar-refractivity contribution in [2.24, 2.45) is 0 Å². The van der Waals surface area contributed by atoms with Crippen LogP contribution >= 0.6 is 15.9 Å². The molecule has 0 radical (unpaired) electrons. The van der Waals surface area contributed by atoms with E-state index in [1.807, 2.05) is 6.07 Å². The van der Waals surface area contributed by atoms with Gasteiger partial charge in [0.2, 0.25) is 0 Å². The predicted octanol–water partition coefficient (Wildman–Crippen LogP) is 3.45. The Morgan fingerprint density at radius 1 is 1.03 bits per heavy atom. The summed E-state index contributed by atoms with van der Waals surface area (Å²) in [5.41, 5.74) is 1.32. The Morgan fingerprint density at radius 3 is 2.31 bits per heavy atom. The summed E-state index contributed by atoms with van der Waals surface area (Å²) < 4.78 is 40.1. The highest BCUT2D eigenvalue weighted by molar-refractivity contribution is 9.10. The summed E-state index contributed by atoms with van der Waals surface area (Å²) in [7, 11) is -0.770. The summed E-state index contributed by atoms with van der Waals surface area (Å²) in [5, 5.41) is 3.50. The smallest absolute Gasteiger partial charge is 0.265 e. The Hall–Kier alpha value is -1.97. The van der Waals surface area contributed by atoms with Crippen LogP contribution in [-0.4, -0.2) is 47.8 Å². The Kier molecular flexibility index (Phi) is 6.60. The van der Waals surface area contributed by atoms with Crippen LogP contribution < -0.4 is 24.4 Å². The van der Waals surface area contributed by atoms with E-state index in [1.54, 1.807) is 31.4 Å². The minimum Gasteiger partial charge on any atom is -0.495 e. The second kappa shape index (κ2) is 8.81. The van der Waals surface area contributed by atoms with E-state index >= 15 is 0 Å². The third kappa shape index (κ3) is 4.96. The zero-order valence-corrected chi connectivity index (χ0v) is 19.3. The molecule has 2 aromatic carbocycles. The number of nitrogens with one attached hydrogen (secondary N) is 2. The maximum absolute atomic E-state index is 13.0. The minimum absolute atomic E-state index is 0.0741. The molecular weight excluding hydrogens is 458 g/mol. The number of hydrogen-bond donors (Lipinski definition) is 2. The number of halogens is 1. The van der Waals surface area contributed by atoms with Crippen LogP contribution in [-0.2, 0) is 10.0 Å². The van der Waals surface area contributed by atoms with Gasteiger partial charge in [0.25, 0.3) is 10.0 Å². The van der Waals surface area contributed by atoms with E-state index in [1.165, 1.54) is 13.2 Å². The van der Waals surface area contributed by atoms with Crippen molar-refractivity contribution in [2.45, 2.75) is 30.8 Å². The van der Waals surface area contributed by atoms with Crippen molar-refractivity contribution in [2.75, 3.05) is 36.9 Å². The lowest BCUT2D eigenvalue weighted by molar-refractivity contribution is 0.391. The third-order valence-corrected chi connectivity index (χ3v) is 6.66. The summed E-state index contributed by atoms with van der Waals surface area (Å²) in [5.74, 6) is 0.973. The Labute approximate surface area is 180 Å². The Morgan fingerprint density at radius 2 is 1.69 bits per heavy atom. The van der Waals surface area contributed by atoms with Crippen LogP contribution in [0.1, 0.15) is 13.8 Å². The highest BCUT2D eigenvalue weighted by atomic mass is 79.9. The number of hydrogen-bond acceptors (Lipinski definition) is 6. The van der Waals surface area contributed by atoms with E-state index in [-0.39, 0.29) is 10.6 Å². The first-order valence-corrected chi connectivity index (χ1v) is 11.6. The van der Waals surface area contributed by atoms with Crippen LogP contribution in [0.5, 0.6) is 11.5 Å². The minimum atomic E-state index is -3.83. The fourth-order valence-corrected chi connectivity index (χ4v) is 5.14. The zero-order valence-electron chi connectivity index (χ0n) is 16.9. The van der Waals surface area contributed by atoms with Crippen molar-refractivity contribution in [3.05, 3.63) is 40.9 Å². The molecule has 0 amide bonds. The van der Waals surface area contributed by atoms with E-state index in [4.69, 9.17) is 9.47 Å². The van der Waals surface area contributed by atoms with Crippen molar-refractivity contribution in [3.63, 3.8) is 0 Å². The lowest BCUT2D eigenvalue weighted by atomic mass is 10.1. The first kappa shape index (κ1) is 21.7. The topological polar surface area (TPSA) is 79.9 Å². The number of ether oxygens (including phenoxy) is 2. The van der Waals surface area contributed by atoms with Gasteiger partial charge in [-0.15, -0.1) is 0 Å². The summed E-state index contributed by atoms with van der Waals surface area (Å²) in [6, 6.07) is 10.7. The Balaban J connectivity index is 1.94. The molecule has 2 aromatic rings. The molecule has 9 heteroatoms. The standard InChI is InChI=1S/C20H26BrN3O4S/c1-13-11-24(12-14(2)22-13)17-10-16(6-7-18(17)27-3)23-29(25,26)20-8-5-15(21)9-19(20)28-4/h5-10,13-14,22-23H,11-12H2,1-4H3. The molecule has 2 unspecified atom stereocenters. The van der Waals surface area contributed by atoms with Crippen molar-refractivity contribution in [1.29, 1.82) is 0 Å². The molecule has 7 nitrogen and oxygen atoms in total. The molecule has 1 fully saturated rings. The lowest BCUT2D eigenvalue weighted by Crippen LogP contribution is -2.54. The van der Waals surface area contributed by atoms with Gasteiger partial charge in [-0.3, -0.25) is 4.72 Å². The maximum Gasteiger partial charge on any atom is 0.265 e. The summed E-state index contributed by atoms with van der Waals surface area (Å²) in [4.78, 5) is 2.29. The highest BCUT2D eigenvalue weighted by Gasteiger charge is 2.25. The van der Waals surface area contributed by atoms with Gasteiger partial charge in [-0.1, -0.05) is 15.9 Å². The van der Waals surface area contributed by atoms with Gasteiger partial charge in [0, 0.05) is 29.6 Å². The Bertz CT molecular complexity index is 974. The zero-order chi connectivity index (χ0) is 21.2. The number of rotatable bonds is 6. The first-order chi connectivity index (χ1) is 13.7. The summed E-state index contributed by atoms with van der Waals surface area (Å²) in [6.45, 7) is 5.86. The van der Waals surface area contributed by atoms with Crippen LogP contribution in [0.15, 0.2) is 45.8 Å². The monoisotopic (exact) mass is 483 g/mol. The largest absolute Gasteiger partial charge is 0.495 e. The van der Waals surface area contributed by atoms with Crippen LogP contribution in [0.3, 0.4) is 0 Å². The SMILES string of the molecule is COc1ccc(NS(=O)(=O)c2ccc(Br)cc2OC)cc1N1CC(C)NC(C)C1. The fourth-order valence-electron chi connectivity index (χ4n) is 3.60. The van der Waals surface area contributed by atoms with Gasteiger partial charge in [-0.05, 0) is 50.2 Å². The van der Waals surface area contributed by atoms with E-state index in [0.717, 1.165) is 23.2 Å². The molecule has 0 bridgehead atoms. The second-order valence-corrected chi connectivity index (χ2v) is 9.73. The lowest BCUT2D eigenvalue weighted by Gasteiger charge is -2.38. The van der Waals surface area contributed by atoms with E-state index < -0.39 is 10.0 Å². The van der Waals surface area contributed by atoms with Crippen LogP contribution in [0.4, 0.5) is 11.4 Å². The normalized spacial score (nSPS) is 19.7. The van der Waals surface area contributed by atoms with Gasteiger partial charge < -0.3 is 19.7 Å². The number of sulfonamides is 1. The quantitative estimate of drug-likeness (QED) is 0.654. The molecule has 1 aliphatic heterocycles. The van der Waals surface area contributed by atoms with Crippen LogP contribution in [0, 0.1) is 0 Å². The van der Waals surface area contributed by atoms with Gasteiger partial charge >= 0.3 is 0 Å². The number of methoxy groups -OCH3 is 2. The summed E-state index contributed by atoms with van der Waals surface area (Å²) >= 11 is 3.33. The van der Waals surface area contributed by atoms with Crippen LogP contribution in [0.25, 0.3) is 0 Å². The van der Waals surface area contributed by atoms with Crippen LogP contribution in [0.2, 0.25) is 0 Å². The number of piperazine rings is 1. The first-order valence-electron chi connectivity index (χ1n) is 9.29.